The lowest BCUT2D eigenvalue weighted by Gasteiger charge is -2.21. The van der Waals surface area contributed by atoms with E-state index in [9.17, 15) is 16.8 Å². The molecule has 1 aliphatic rings. The molecule has 0 N–H and O–H groups in total. The molecule has 4 aromatic rings. The second-order valence-electron chi connectivity index (χ2n) is 12.5. The zero-order valence-corrected chi connectivity index (χ0v) is 31.4. The zero-order chi connectivity index (χ0) is 37.1. The van der Waals surface area contributed by atoms with E-state index in [0.29, 0.717) is 48.2 Å². The van der Waals surface area contributed by atoms with Gasteiger partial charge in [0, 0.05) is 19.6 Å². The molecule has 0 spiro atoms. The molecule has 1 fully saturated rings. The van der Waals surface area contributed by atoms with Crippen LogP contribution in [0.1, 0.15) is 55.9 Å². The fourth-order valence-electron chi connectivity index (χ4n) is 5.55. The number of hydrogen-bond donors (Lipinski definition) is 0. The van der Waals surface area contributed by atoms with Gasteiger partial charge in [0.05, 0.1) is 24.0 Å². The van der Waals surface area contributed by atoms with Crippen LogP contribution >= 0.6 is 0 Å². The van der Waals surface area contributed by atoms with Crippen LogP contribution < -0.4 is 14.2 Å². The van der Waals surface area contributed by atoms with Crippen molar-refractivity contribution in [3.63, 3.8) is 0 Å². The summed E-state index contributed by atoms with van der Waals surface area (Å²) in [4.78, 5) is 2.27. The summed E-state index contributed by atoms with van der Waals surface area (Å²) in [6, 6.07) is 30.4. The Morgan fingerprint density at radius 2 is 1.02 bits per heavy atom. The van der Waals surface area contributed by atoms with Crippen LogP contribution in [0.5, 0.6) is 23.0 Å². The molecule has 1 aliphatic heterocycles. The molecule has 2 atom stereocenters. The van der Waals surface area contributed by atoms with Crippen molar-refractivity contribution in [2.24, 2.45) is 0 Å². The third kappa shape index (κ3) is 11.8. The number of hydrogen-bond acceptors (Lipinski definition) is 10. The standard InChI is InChI=1S/C40H45NO9S2/c1-5-46-51(42,43)25-23-31-7-15-37(16-8-31)49-39-28-41(27-33-11-19-35(20-12-33)48-36-21-13-34(14-22-36)30(3)4)29-40(39)50-38-17-9-32(10-18-38)24-26-52(44,45)47-6-2/h7-26,30,39-40H,5-6,27-29H2,1-4H3/b25-23+,26-24+/t39-,40-/m1/s1. The van der Waals surface area contributed by atoms with Crippen molar-refractivity contribution in [2.45, 2.75) is 52.4 Å². The summed E-state index contributed by atoms with van der Waals surface area (Å²) in [5.74, 6) is 3.23. The van der Waals surface area contributed by atoms with Crippen molar-refractivity contribution in [2.75, 3.05) is 26.3 Å². The van der Waals surface area contributed by atoms with Gasteiger partial charge in [-0.1, -0.05) is 62.4 Å². The summed E-state index contributed by atoms with van der Waals surface area (Å²) in [6.07, 6.45) is 2.29. The van der Waals surface area contributed by atoms with Crippen molar-refractivity contribution in [3.05, 3.63) is 130 Å². The van der Waals surface area contributed by atoms with E-state index in [4.69, 9.17) is 22.6 Å². The van der Waals surface area contributed by atoms with Gasteiger partial charge in [0.2, 0.25) is 0 Å². The molecular formula is C40H45NO9S2. The fourth-order valence-corrected chi connectivity index (χ4v) is 7.01. The highest BCUT2D eigenvalue weighted by molar-refractivity contribution is 7.90. The molecule has 10 nitrogen and oxygen atoms in total. The Bertz CT molecular complexity index is 1910. The van der Waals surface area contributed by atoms with Gasteiger partial charge in [-0.25, -0.2) is 0 Å². The third-order valence-corrected chi connectivity index (χ3v) is 10.2. The SMILES string of the molecule is CCOS(=O)(=O)/C=C/c1ccc(O[C@@H]2CN(Cc3ccc(Oc4ccc(C(C)C)cc4)cc3)C[C@H]2Oc2ccc(/C=C/S(=O)(=O)OCC)cc2)cc1. The second-order valence-corrected chi connectivity index (χ2v) is 15.5. The summed E-state index contributed by atoms with van der Waals surface area (Å²) < 4.78 is 76.1. The predicted molar refractivity (Wildman–Crippen MR) is 203 cm³/mol. The number of likely N-dealkylation sites (tertiary alicyclic amines) is 1. The Kier molecular flexibility index (Phi) is 13.3. The monoisotopic (exact) mass is 747 g/mol. The zero-order valence-electron chi connectivity index (χ0n) is 29.8. The van der Waals surface area contributed by atoms with E-state index in [1.165, 1.54) is 17.7 Å². The van der Waals surface area contributed by atoms with Gasteiger partial charge < -0.3 is 14.2 Å². The van der Waals surface area contributed by atoms with Gasteiger partial charge >= 0.3 is 0 Å². The fraction of sp³-hybridized carbons (Fsp3) is 0.300. The minimum Gasteiger partial charge on any atom is -0.485 e. The summed E-state index contributed by atoms with van der Waals surface area (Å²) in [7, 11) is -7.48. The van der Waals surface area contributed by atoms with E-state index in [-0.39, 0.29) is 25.4 Å². The van der Waals surface area contributed by atoms with E-state index >= 15 is 0 Å². The van der Waals surface area contributed by atoms with Gasteiger partial charge in [-0.15, -0.1) is 0 Å². The molecule has 0 saturated carbocycles. The van der Waals surface area contributed by atoms with E-state index in [1.54, 1.807) is 62.4 Å². The molecule has 1 saturated heterocycles. The predicted octanol–water partition coefficient (Wildman–Crippen LogP) is 7.99. The molecule has 276 valence electrons. The molecule has 5 rings (SSSR count). The smallest absolute Gasteiger partial charge is 0.290 e. The van der Waals surface area contributed by atoms with Gasteiger partial charge in [-0.05, 0) is 103 Å². The maximum Gasteiger partial charge on any atom is 0.290 e. The summed E-state index contributed by atoms with van der Waals surface area (Å²) in [5.41, 5.74) is 3.73. The Balaban J connectivity index is 1.27. The van der Waals surface area contributed by atoms with Crippen molar-refractivity contribution in [1.29, 1.82) is 0 Å². The van der Waals surface area contributed by atoms with E-state index in [2.05, 4.69) is 43.0 Å². The normalized spacial score (nSPS) is 16.9. The number of nitrogens with zero attached hydrogens (tertiary/aromatic N) is 1. The number of rotatable bonds is 17. The molecule has 12 heteroatoms. The average molecular weight is 748 g/mol. The van der Waals surface area contributed by atoms with Crippen LogP contribution in [0.15, 0.2) is 108 Å². The molecule has 1 heterocycles. The molecule has 0 aromatic heterocycles. The minimum absolute atomic E-state index is 0.0639. The number of ether oxygens (including phenoxy) is 3. The summed E-state index contributed by atoms with van der Waals surface area (Å²) in [6.45, 7) is 9.54. The topological polar surface area (TPSA) is 118 Å². The lowest BCUT2D eigenvalue weighted by molar-refractivity contribution is 0.0913. The average Bonchev–Trinajstić information content (AvgIpc) is 3.48. The van der Waals surface area contributed by atoms with Crippen molar-refractivity contribution < 1.29 is 39.4 Å². The van der Waals surface area contributed by atoms with Crippen LogP contribution in [0, 0.1) is 0 Å². The van der Waals surface area contributed by atoms with Crippen LogP contribution in [0.2, 0.25) is 0 Å². The Morgan fingerprint density at radius 3 is 1.42 bits per heavy atom. The Hall–Kier alpha value is -4.46. The highest BCUT2D eigenvalue weighted by Gasteiger charge is 2.36. The Labute approximate surface area is 307 Å². The first-order valence-electron chi connectivity index (χ1n) is 17.2. The van der Waals surface area contributed by atoms with Crippen molar-refractivity contribution in [3.8, 4) is 23.0 Å². The minimum atomic E-state index is -3.74. The van der Waals surface area contributed by atoms with Crippen molar-refractivity contribution >= 4 is 32.4 Å². The molecular weight excluding hydrogens is 703 g/mol. The van der Waals surface area contributed by atoms with E-state index in [0.717, 1.165) is 27.9 Å². The number of benzene rings is 4. The van der Waals surface area contributed by atoms with Gasteiger partial charge in [0.1, 0.15) is 35.2 Å². The van der Waals surface area contributed by atoms with Gasteiger partial charge in [0.15, 0.2) is 0 Å². The maximum absolute atomic E-state index is 11.9. The Morgan fingerprint density at radius 1 is 0.615 bits per heavy atom. The summed E-state index contributed by atoms with van der Waals surface area (Å²) >= 11 is 0. The van der Waals surface area contributed by atoms with Gasteiger partial charge in [0.25, 0.3) is 20.2 Å². The molecule has 0 unspecified atom stereocenters. The van der Waals surface area contributed by atoms with Crippen LogP contribution in [0.3, 0.4) is 0 Å². The van der Waals surface area contributed by atoms with Gasteiger partial charge in [-0.2, -0.15) is 16.8 Å². The van der Waals surface area contributed by atoms with Crippen molar-refractivity contribution in [1.82, 2.24) is 4.90 Å². The lowest BCUT2D eigenvalue weighted by Crippen LogP contribution is -2.34. The quantitative estimate of drug-likeness (QED) is 0.0984. The lowest BCUT2D eigenvalue weighted by atomic mass is 10.0. The third-order valence-electron chi connectivity index (χ3n) is 8.16. The molecule has 0 radical (unpaired) electrons. The first kappa shape index (κ1) is 38.8. The van der Waals surface area contributed by atoms with Gasteiger partial charge in [-0.3, -0.25) is 13.3 Å². The van der Waals surface area contributed by atoms with Crippen LogP contribution in [-0.4, -0.2) is 60.2 Å². The van der Waals surface area contributed by atoms with E-state index in [1.807, 2.05) is 24.3 Å². The highest BCUT2D eigenvalue weighted by atomic mass is 32.2. The van der Waals surface area contributed by atoms with Crippen LogP contribution in [-0.2, 0) is 35.1 Å². The highest BCUT2D eigenvalue weighted by Crippen LogP contribution is 2.28. The largest absolute Gasteiger partial charge is 0.485 e. The first-order chi connectivity index (χ1) is 24.9. The first-order valence-corrected chi connectivity index (χ1v) is 20.1. The molecule has 4 aromatic carbocycles. The molecule has 0 aliphatic carbocycles. The van der Waals surface area contributed by atoms with Crippen LogP contribution in [0.25, 0.3) is 12.2 Å². The maximum atomic E-state index is 11.9. The van der Waals surface area contributed by atoms with Crippen LogP contribution in [0.4, 0.5) is 0 Å². The molecule has 0 amide bonds. The second kappa shape index (κ2) is 17.8. The molecule has 52 heavy (non-hydrogen) atoms. The van der Waals surface area contributed by atoms with E-state index < -0.39 is 20.2 Å². The molecule has 0 bridgehead atoms. The summed E-state index contributed by atoms with van der Waals surface area (Å²) in [5, 5.41) is 2.07.